The van der Waals surface area contributed by atoms with Crippen LogP contribution in [0.25, 0.3) is 0 Å². The normalized spacial score (nSPS) is 12.4. The Hall–Kier alpha value is -1.96. The van der Waals surface area contributed by atoms with Crippen molar-refractivity contribution in [2.45, 2.75) is 39.1 Å². The molecule has 1 heterocycles. The zero-order valence-electron chi connectivity index (χ0n) is 12.6. The second-order valence-corrected chi connectivity index (χ2v) is 5.00. The fourth-order valence-electron chi connectivity index (χ4n) is 2.10. The Balaban J connectivity index is 2.11. The zero-order valence-corrected chi connectivity index (χ0v) is 12.6. The van der Waals surface area contributed by atoms with Crippen LogP contribution in [-0.2, 0) is 26.1 Å². The lowest BCUT2D eigenvalue weighted by atomic mass is 10.2. The van der Waals surface area contributed by atoms with Crippen LogP contribution in [0.1, 0.15) is 23.9 Å². The van der Waals surface area contributed by atoms with Crippen LogP contribution >= 0.6 is 0 Å². The van der Waals surface area contributed by atoms with Crippen molar-refractivity contribution in [3.05, 3.63) is 41.2 Å². The van der Waals surface area contributed by atoms with Crippen LogP contribution in [-0.4, -0.2) is 37.9 Å². The van der Waals surface area contributed by atoms with E-state index in [1.54, 1.807) is 0 Å². The molecule has 0 amide bonds. The molecule has 0 aliphatic heterocycles. The van der Waals surface area contributed by atoms with Crippen LogP contribution in [0.2, 0.25) is 0 Å². The molecule has 0 bridgehead atoms. The van der Waals surface area contributed by atoms with Crippen molar-refractivity contribution in [2.75, 3.05) is 6.61 Å². The van der Waals surface area contributed by atoms with E-state index in [0.29, 0.717) is 11.4 Å². The Bertz CT molecular complexity index is 600. The predicted molar refractivity (Wildman–Crippen MR) is 81.2 cm³/mol. The number of hydrogen-bond donors (Lipinski definition) is 3. The average molecular weight is 306 g/mol. The van der Waals surface area contributed by atoms with Crippen LogP contribution in [0.4, 0.5) is 0 Å². The topological polar surface area (TPSA) is 106 Å². The minimum absolute atomic E-state index is 0.150. The van der Waals surface area contributed by atoms with Crippen molar-refractivity contribution in [3.8, 4) is 5.75 Å². The molecular formula is C15H22N4O3. The first-order chi connectivity index (χ1) is 10.7. The summed E-state index contributed by atoms with van der Waals surface area (Å²) in [6.45, 7) is 2.39. The minimum Gasteiger partial charge on any atom is -0.487 e. The van der Waals surface area contributed by atoms with Gasteiger partial charge in [-0.15, -0.1) is 5.10 Å². The molecule has 1 aromatic heterocycles. The highest BCUT2D eigenvalue weighted by Crippen LogP contribution is 2.16. The molecule has 0 radical (unpaired) electrons. The lowest BCUT2D eigenvalue weighted by Crippen LogP contribution is -2.23. The third-order valence-electron chi connectivity index (χ3n) is 3.39. The van der Waals surface area contributed by atoms with Gasteiger partial charge < -0.3 is 20.7 Å². The highest BCUT2D eigenvalue weighted by molar-refractivity contribution is 5.28. The predicted octanol–water partition coefficient (Wildman–Crippen LogP) is 0.231. The van der Waals surface area contributed by atoms with Crippen LogP contribution in [0.3, 0.4) is 0 Å². The van der Waals surface area contributed by atoms with E-state index in [1.165, 1.54) is 10.2 Å². The van der Waals surface area contributed by atoms with Crippen molar-refractivity contribution in [1.29, 1.82) is 0 Å². The van der Waals surface area contributed by atoms with E-state index in [9.17, 15) is 5.11 Å². The molecule has 1 aromatic carbocycles. The van der Waals surface area contributed by atoms with Crippen LogP contribution in [0.15, 0.2) is 24.3 Å². The summed E-state index contributed by atoms with van der Waals surface area (Å²) in [5.74, 6) is 0.762. The first-order valence-electron chi connectivity index (χ1n) is 7.29. The first kappa shape index (κ1) is 16.4. The number of rotatable bonds is 8. The quantitative estimate of drug-likeness (QED) is 0.644. The molecule has 0 spiro atoms. The lowest BCUT2D eigenvalue weighted by molar-refractivity contribution is 0.0761. The number of aliphatic hydroxyl groups is 2. The minimum atomic E-state index is -0.894. The molecule has 0 fully saturated rings. The van der Waals surface area contributed by atoms with Gasteiger partial charge in [0.05, 0.1) is 19.3 Å². The zero-order chi connectivity index (χ0) is 15.9. The standard InChI is InChI=1S/C15H22N4O3/c1-2-11-4-3-5-13(6-11)22-10-15-14(7-16)17-18-19(15)8-12(21)9-20/h3-6,12,20-21H,2,7-10,16H2,1H3. The summed E-state index contributed by atoms with van der Waals surface area (Å²) in [5, 5.41) is 26.4. The maximum absolute atomic E-state index is 9.56. The number of aryl methyl sites for hydroxylation is 1. The summed E-state index contributed by atoms with van der Waals surface area (Å²) in [4.78, 5) is 0. The van der Waals surface area contributed by atoms with E-state index in [2.05, 4.69) is 17.2 Å². The summed E-state index contributed by atoms with van der Waals surface area (Å²) in [5.41, 5.74) is 8.18. The summed E-state index contributed by atoms with van der Waals surface area (Å²) in [7, 11) is 0. The summed E-state index contributed by atoms with van der Waals surface area (Å²) < 4.78 is 7.31. The number of aromatic nitrogens is 3. The molecule has 0 aliphatic rings. The van der Waals surface area contributed by atoms with Gasteiger partial charge in [-0.1, -0.05) is 24.3 Å². The van der Waals surface area contributed by atoms with E-state index in [0.717, 1.165) is 12.2 Å². The van der Waals surface area contributed by atoms with Gasteiger partial charge in [0.2, 0.25) is 0 Å². The van der Waals surface area contributed by atoms with Gasteiger partial charge in [-0.25, -0.2) is 4.68 Å². The Kier molecular flexibility index (Phi) is 5.88. The smallest absolute Gasteiger partial charge is 0.132 e. The van der Waals surface area contributed by atoms with Crippen molar-refractivity contribution < 1.29 is 14.9 Å². The second-order valence-electron chi connectivity index (χ2n) is 5.00. The van der Waals surface area contributed by atoms with Gasteiger partial charge in [0.15, 0.2) is 0 Å². The fourth-order valence-corrected chi connectivity index (χ4v) is 2.10. The highest BCUT2D eigenvalue weighted by atomic mass is 16.5. The molecule has 1 unspecified atom stereocenters. The van der Waals surface area contributed by atoms with Gasteiger partial charge in [-0.2, -0.15) is 0 Å². The van der Waals surface area contributed by atoms with E-state index in [4.69, 9.17) is 15.6 Å². The Morgan fingerprint density at radius 3 is 2.91 bits per heavy atom. The maximum atomic E-state index is 9.56. The van der Waals surface area contributed by atoms with Crippen LogP contribution in [0.5, 0.6) is 5.75 Å². The van der Waals surface area contributed by atoms with E-state index in [1.807, 2.05) is 24.3 Å². The molecule has 7 heteroatoms. The summed E-state index contributed by atoms with van der Waals surface area (Å²) in [6, 6.07) is 7.86. The number of benzene rings is 1. The van der Waals surface area contributed by atoms with Gasteiger partial charge in [0, 0.05) is 6.54 Å². The van der Waals surface area contributed by atoms with Gasteiger partial charge in [0.1, 0.15) is 23.7 Å². The molecule has 0 saturated carbocycles. The number of nitrogens with two attached hydrogens (primary N) is 1. The molecule has 0 aliphatic carbocycles. The molecule has 7 nitrogen and oxygen atoms in total. The number of aliphatic hydroxyl groups excluding tert-OH is 2. The largest absolute Gasteiger partial charge is 0.487 e. The molecule has 0 saturated heterocycles. The van der Waals surface area contributed by atoms with Crippen molar-refractivity contribution >= 4 is 0 Å². The number of hydrogen-bond acceptors (Lipinski definition) is 6. The molecule has 1 atom stereocenters. The molecule has 2 aromatic rings. The van der Waals surface area contributed by atoms with Crippen molar-refractivity contribution in [1.82, 2.24) is 15.0 Å². The second kappa shape index (κ2) is 7.88. The molecule has 22 heavy (non-hydrogen) atoms. The Morgan fingerprint density at radius 1 is 1.41 bits per heavy atom. The lowest BCUT2D eigenvalue weighted by Gasteiger charge is -2.12. The molecule has 2 rings (SSSR count). The SMILES string of the molecule is CCc1cccc(OCc2c(CN)nnn2CC(O)CO)c1. The third kappa shape index (κ3) is 4.03. The van der Waals surface area contributed by atoms with Gasteiger partial charge in [-0.05, 0) is 24.1 Å². The Morgan fingerprint density at radius 2 is 2.23 bits per heavy atom. The van der Waals surface area contributed by atoms with Gasteiger partial charge in [-0.3, -0.25) is 0 Å². The van der Waals surface area contributed by atoms with Crippen molar-refractivity contribution in [3.63, 3.8) is 0 Å². The van der Waals surface area contributed by atoms with E-state index < -0.39 is 6.10 Å². The number of ether oxygens (including phenoxy) is 1. The first-order valence-corrected chi connectivity index (χ1v) is 7.29. The van der Waals surface area contributed by atoms with Gasteiger partial charge >= 0.3 is 0 Å². The molecular weight excluding hydrogens is 284 g/mol. The summed E-state index contributed by atoms with van der Waals surface area (Å²) in [6.07, 6.45) is 0.0439. The van der Waals surface area contributed by atoms with Crippen LogP contribution < -0.4 is 10.5 Å². The van der Waals surface area contributed by atoms with Crippen molar-refractivity contribution in [2.24, 2.45) is 5.73 Å². The number of nitrogens with zero attached hydrogens (tertiary/aromatic N) is 3. The van der Waals surface area contributed by atoms with E-state index >= 15 is 0 Å². The third-order valence-corrected chi connectivity index (χ3v) is 3.39. The molecule has 120 valence electrons. The van der Waals surface area contributed by atoms with Gasteiger partial charge in [0.25, 0.3) is 0 Å². The summed E-state index contributed by atoms with van der Waals surface area (Å²) >= 11 is 0. The van der Waals surface area contributed by atoms with Crippen LogP contribution in [0, 0.1) is 0 Å². The highest BCUT2D eigenvalue weighted by Gasteiger charge is 2.15. The average Bonchev–Trinajstić information content (AvgIpc) is 2.94. The maximum Gasteiger partial charge on any atom is 0.132 e. The fraction of sp³-hybridized carbons (Fsp3) is 0.467. The molecule has 4 N–H and O–H groups in total. The Labute approximate surface area is 129 Å². The monoisotopic (exact) mass is 306 g/mol. The van der Waals surface area contributed by atoms with E-state index in [-0.39, 0.29) is 26.3 Å².